The van der Waals surface area contributed by atoms with Gasteiger partial charge in [0.05, 0.1) is 17.8 Å². The molecule has 1 N–H and O–H groups in total. The van der Waals surface area contributed by atoms with Gasteiger partial charge in [0.2, 0.25) is 0 Å². The van der Waals surface area contributed by atoms with Gasteiger partial charge in [-0.1, -0.05) is 52.0 Å². The van der Waals surface area contributed by atoms with E-state index in [1.165, 1.54) is 0 Å². The van der Waals surface area contributed by atoms with E-state index in [2.05, 4.69) is 32.7 Å². The van der Waals surface area contributed by atoms with E-state index in [0.717, 1.165) is 35.6 Å². The average molecular weight is 378 g/mol. The second kappa shape index (κ2) is 7.92. The van der Waals surface area contributed by atoms with Crippen LogP contribution in [0.25, 0.3) is 11.3 Å². The predicted octanol–water partition coefficient (Wildman–Crippen LogP) is 4.34. The molecule has 0 amide bonds. The average Bonchev–Trinajstić information content (AvgIpc) is 3.06. The standard InChI is InChI=1S/C22H26N4O2/c1-5-7-18-24-21(22(2,3)4)25-26(18)14-15-9-11-16(12-10-15)19-17(20(27)28)8-6-13-23-19/h6,8-13H,5,7,14H2,1-4H3,(H,27,28). The minimum absolute atomic E-state index is 0.0934. The fourth-order valence-corrected chi connectivity index (χ4v) is 2.98. The molecular weight excluding hydrogens is 352 g/mol. The van der Waals surface area contributed by atoms with Crippen LogP contribution in [0.3, 0.4) is 0 Å². The number of nitrogens with zero attached hydrogens (tertiary/aromatic N) is 4. The number of rotatable bonds is 6. The van der Waals surface area contributed by atoms with Crippen LogP contribution in [0.2, 0.25) is 0 Å². The molecule has 0 bridgehead atoms. The first-order chi connectivity index (χ1) is 13.3. The monoisotopic (exact) mass is 378 g/mol. The topological polar surface area (TPSA) is 80.9 Å². The van der Waals surface area contributed by atoms with E-state index in [1.54, 1.807) is 18.3 Å². The normalized spacial score (nSPS) is 11.6. The Bertz CT molecular complexity index is 969. The molecule has 0 spiro atoms. The Kier molecular flexibility index (Phi) is 5.58. The quantitative estimate of drug-likeness (QED) is 0.690. The van der Waals surface area contributed by atoms with Crippen molar-refractivity contribution in [2.75, 3.05) is 0 Å². The van der Waals surface area contributed by atoms with Gasteiger partial charge in [-0.05, 0) is 24.1 Å². The lowest BCUT2D eigenvalue weighted by Crippen LogP contribution is -2.14. The summed E-state index contributed by atoms with van der Waals surface area (Å²) in [7, 11) is 0. The number of hydrogen-bond acceptors (Lipinski definition) is 4. The van der Waals surface area contributed by atoms with E-state index < -0.39 is 5.97 Å². The second-order valence-electron chi connectivity index (χ2n) is 7.91. The number of carbonyl (C=O) groups is 1. The minimum atomic E-state index is -0.978. The number of aromatic nitrogens is 4. The molecule has 0 aliphatic carbocycles. The highest BCUT2D eigenvalue weighted by Gasteiger charge is 2.21. The smallest absolute Gasteiger partial charge is 0.337 e. The molecular formula is C22H26N4O2. The van der Waals surface area contributed by atoms with Crippen LogP contribution in [0.5, 0.6) is 0 Å². The number of aromatic carboxylic acids is 1. The highest BCUT2D eigenvalue weighted by atomic mass is 16.4. The molecule has 0 unspecified atom stereocenters. The fraction of sp³-hybridized carbons (Fsp3) is 0.364. The Balaban J connectivity index is 1.88. The van der Waals surface area contributed by atoms with E-state index in [9.17, 15) is 9.90 Å². The zero-order chi connectivity index (χ0) is 20.3. The van der Waals surface area contributed by atoms with Gasteiger partial charge in [0.25, 0.3) is 0 Å². The summed E-state index contributed by atoms with van der Waals surface area (Å²) in [4.78, 5) is 20.4. The van der Waals surface area contributed by atoms with Crippen LogP contribution < -0.4 is 0 Å². The largest absolute Gasteiger partial charge is 0.478 e. The van der Waals surface area contributed by atoms with Crippen LogP contribution in [-0.4, -0.2) is 30.8 Å². The number of carboxylic acid groups (broad SMARTS) is 1. The molecule has 0 radical (unpaired) electrons. The summed E-state index contributed by atoms with van der Waals surface area (Å²) < 4.78 is 1.97. The summed E-state index contributed by atoms with van der Waals surface area (Å²) in [6.45, 7) is 9.11. The Morgan fingerprint density at radius 2 is 1.86 bits per heavy atom. The third kappa shape index (κ3) is 4.27. The van der Waals surface area contributed by atoms with Gasteiger partial charge in [-0.3, -0.25) is 4.98 Å². The predicted molar refractivity (Wildman–Crippen MR) is 108 cm³/mol. The summed E-state index contributed by atoms with van der Waals surface area (Å²) in [5.41, 5.74) is 2.45. The summed E-state index contributed by atoms with van der Waals surface area (Å²) in [5, 5.41) is 14.1. The highest BCUT2D eigenvalue weighted by molar-refractivity contribution is 5.94. The van der Waals surface area contributed by atoms with Crippen LogP contribution in [0.15, 0.2) is 42.6 Å². The second-order valence-corrected chi connectivity index (χ2v) is 7.91. The number of pyridine rings is 1. The highest BCUT2D eigenvalue weighted by Crippen LogP contribution is 2.23. The molecule has 0 fully saturated rings. The zero-order valence-electron chi connectivity index (χ0n) is 16.8. The van der Waals surface area contributed by atoms with E-state index >= 15 is 0 Å². The van der Waals surface area contributed by atoms with E-state index in [-0.39, 0.29) is 11.0 Å². The van der Waals surface area contributed by atoms with E-state index in [4.69, 9.17) is 10.1 Å². The molecule has 6 nitrogen and oxygen atoms in total. The van der Waals surface area contributed by atoms with E-state index in [1.807, 2.05) is 28.9 Å². The molecule has 0 aliphatic rings. The third-order valence-electron chi connectivity index (χ3n) is 4.49. The molecule has 0 aliphatic heterocycles. The van der Waals surface area contributed by atoms with Gasteiger partial charge in [-0.2, -0.15) is 5.10 Å². The van der Waals surface area contributed by atoms with Crippen molar-refractivity contribution in [1.29, 1.82) is 0 Å². The molecule has 1 aromatic carbocycles. The molecule has 2 heterocycles. The van der Waals surface area contributed by atoms with Crippen molar-refractivity contribution in [3.8, 4) is 11.3 Å². The van der Waals surface area contributed by atoms with Crippen molar-refractivity contribution in [2.45, 2.75) is 52.5 Å². The molecule has 0 atom stereocenters. The zero-order valence-corrected chi connectivity index (χ0v) is 16.8. The van der Waals surface area contributed by atoms with Gasteiger partial charge in [-0.15, -0.1) is 0 Å². The van der Waals surface area contributed by atoms with Crippen molar-refractivity contribution in [1.82, 2.24) is 19.7 Å². The first-order valence-corrected chi connectivity index (χ1v) is 9.51. The molecule has 3 rings (SSSR count). The number of aryl methyl sites for hydroxylation is 1. The Morgan fingerprint density at radius 3 is 2.46 bits per heavy atom. The third-order valence-corrected chi connectivity index (χ3v) is 4.49. The van der Waals surface area contributed by atoms with Crippen LogP contribution >= 0.6 is 0 Å². The lowest BCUT2D eigenvalue weighted by atomic mass is 9.96. The number of hydrogen-bond donors (Lipinski definition) is 1. The fourth-order valence-electron chi connectivity index (χ4n) is 2.98. The van der Waals surface area contributed by atoms with Gasteiger partial charge in [-0.25, -0.2) is 14.5 Å². The first-order valence-electron chi connectivity index (χ1n) is 9.51. The summed E-state index contributed by atoms with van der Waals surface area (Å²) in [6, 6.07) is 11.0. The first kappa shape index (κ1) is 19.7. The molecule has 3 aromatic rings. The molecule has 0 saturated heterocycles. The molecule has 28 heavy (non-hydrogen) atoms. The number of carboxylic acids is 1. The van der Waals surface area contributed by atoms with Crippen LogP contribution in [-0.2, 0) is 18.4 Å². The Hall–Kier alpha value is -3.02. The van der Waals surface area contributed by atoms with Gasteiger partial charge < -0.3 is 5.11 Å². The van der Waals surface area contributed by atoms with Gasteiger partial charge >= 0.3 is 5.97 Å². The van der Waals surface area contributed by atoms with Crippen LogP contribution in [0.1, 0.15) is 61.7 Å². The lowest BCUT2D eigenvalue weighted by molar-refractivity contribution is 0.0697. The van der Waals surface area contributed by atoms with Crippen molar-refractivity contribution in [3.63, 3.8) is 0 Å². The van der Waals surface area contributed by atoms with Crippen molar-refractivity contribution >= 4 is 5.97 Å². The van der Waals surface area contributed by atoms with E-state index in [0.29, 0.717) is 12.2 Å². The van der Waals surface area contributed by atoms with Gasteiger partial charge in [0.15, 0.2) is 5.82 Å². The summed E-state index contributed by atoms with van der Waals surface area (Å²) in [5.74, 6) is 0.871. The Labute approximate surface area is 165 Å². The maximum Gasteiger partial charge on any atom is 0.337 e. The van der Waals surface area contributed by atoms with Crippen molar-refractivity contribution in [3.05, 3.63) is 65.4 Å². The van der Waals surface area contributed by atoms with Gasteiger partial charge in [0.1, 0.15) is 5.82 Å². The Morgan fingerprint density at radius 1 is 1.14 bits per heavy atom. The van der Waals surface area contributed by atoms with Crippen LogP contribution in [0, 0.1) is 0 Å². The molecule has 2 aromatic heterocycles. The maximum atomic E-state index is 11.4. The minimum Gasteiger partial charge on any atom is -0.478 e. The summed E-state index contributed by atoms with van der Waals surface area (Å²) >= 11 is 0. The maximum absolute atomic E-state index is 11.4. The number of benzene rings is 1. The van der Waals surface area contributed by atoms with Crippen molar-refractivity contribution < 1.29 is 9.90 Å². The molecule has 0 saturated carbocycles. The van der Waals surface area contributed by atoms with Crippen molar-refractivity contribution in [2.24, 2.45) is 0 Å². The van der Waals surface area contributed by atoms with Crippen LogP contribution in [0.4, 0.5) is 0 Å². The molecule has 6 heteroatoms. The molecule has 146 valence electrons. The lowest BCUT2D eigenvalue weighted by Gasteiger charge is -2.12. The van der Waals surface area contributed by atoms with Gasteiger partial charge in [0, 0.05) is 23.6 Å². The summed E-state index contributed by atoms with van der Waals surface area (Å²) in [6.07, 6.45) is 3.51. The SMILES string of the molecule is CCCc1nc(C(C)(C)C)nn1Cc1ccc(-c2ncccc2C(=O)O)cc1.